The van der Waals surface area contributed by atoms with Gasteiger partial charge in [0.1, 0.15) is 29.4 Å². The van der Waals surface area contributed by atoms with Gasteiger partial charge in [-0.1, -0.05) is 12.7 Å². The van der Waals surface area contributed by atoms with Crippen molar-refractivity contribution in [3.8, 4) is 23.5 Å². The van der Waals surface area contributed by atoms with Crippen LogP contribution in [0.2, 0.25) is 0 Å². The summed E-state index contributed by atoms with van der Waals surface area (Å²) < 4.78 is 5.65. The molecule has 4 nitrogen and oxygen atoms in total. The van der Waals surface area contributed by atoms with E-state index in [0.29, 0.717) is 22.8 Å². The average Bonchev–Trinajstić information content (AvgIpc) is 3.04. The Labute approximate surface area is 128 Å². The van der Waals surface area contributed by atoms with Crippen LogP contribution in [0.3, 0.4) is 0 Å². The maximum Gasteiger partial charge on any atom is 0.140 e. The van der Waals surface area contributed by atoms with Crippen molar-refractivity contribution in [2.75, 3.05) is 0 Å². The van der Waals surface area contributed by atoms with Gasteiger partial charge in [0.2, 0.25) is 0 Å². The van der Waals surface area contributed by atoms with Gasteiger partial charge in [-0.3, -0.25) is 0 Å². The Morgan fingerprint density at radius 2 is 2.09 bits per heavy atom. The fraction of sp³-hybridized carbons (Fsp3) is 0. The number of allylic oxidation sites excluding steroid dienone is 3. The molecule has 0 aliphatic heterocycles. The van der Waals surface area contributed by atoms with Crippen LogP contribution >= 0.6 is 0 Å². The van der Waals surface area contributed by atoms with Crippen molar-refractivity contribution >= 4 is 6.08 Å². The summed E-state index contributed by atoms with van der Waals surface area (Å²) >= 11 is 0. The predicted octanol–water partition coefficient (Wildman–Crippen LogP) is 4.02. The summed E-state index contributed by atoms with van der Waals surface area (Å²) in [6.07, 6.45) is 8.13. The third-order valence-corrected chi connectivity index (χ3v) is 2.71. The summed E-state index contributed by atoms with van der Waals surface area (Å²) in [5.41, 5.74) is 4.32. The summed E-state index contributed by atoms with van der Waals surface area (Å²) in [5.74, 6) is 1.33. The molecular formula is C18H11N3O. The number of furan rings is 1. The van der Waals surface area contributed by atoms with Crippen LogP contribution in [0.5, 0.6) is 0 Å². The van der Waals surface area contributed by atoms with Crippen LogP contribution in [0.4, 0.5) is 0 Å². The van der Waals surface area contributed by atoms with Crippen molar-refractivity contribution in [2.45, 2.75) is 0 Å². The highest BCUT2D eigenvalue weighted by molar-refractivity contribution is 5.59. The average molecular weight is 285 g/mol. The van der Waals surface area contributed by atoms with Gasteiger partial charge >= 0.3 is 0 Å². The van der Waals surface area contributed by atoms with Gasteiger partial charge in [-0.15, -0.1) is 5.73 Å². The maximum absolute atomic E-state index is 8.72. The quantitative estimate of drug-likeness (QED) is 0.483. The fourth-order valence-corrected chi connectivity index (χ4v) is 1.62. The first-order valence-electron chi connectivity index (χ1n) is 6.39. The number of hydrogen-bond donors (Lipinski definition) is 0. The molecule has 0 spiro atoms. The zero-order valence-corrected chi connectivity index (χ0v) is 11.7. The Bertz CT molecular complexity index is 849. The second-order valence-electron chi connectivity index (χ2n) is 4.15. The van der Waals surface area contributed by atoms with Crippen LogP contribution in [0.15, 0.2) is 71.0 Å². The molecule has 22 heavy (non-hydrogen) atoms. The molecule has 0 saturated carbocycles. The van der Waals surface area contributed by atoms with Crippen molar-refractivity contribution < 1.29 is 4.42 Å². The molecule has 104 valence electrons. The number of hydrogen-bond acceptors (Lipinski definition) is 4. The Kier molecular flexibility index (Phi) is 4.89. The highest BCUT2D eigenvalue weighted by Gasteiger charge is 2.03. The van der Waals surface area contributed by atoms with Crippen molar-refractivity contribution in [3.05, 3.63) is 78.0 Å². The molecule has 0 atom stereocenters. The van der Waals surface area contributed by atoms with Crippen LogP contribution in [0, 0.1) is 22.7 Å². The zero-order valence-electron chi connectivity index (χ0n) is 11.7. The second kappa shape index (κ2) is 7.26. The molecule has 2 aromatic heterocycles. The number of rotatable bonds is 4. The van der Waals surface area contributed by atoms with Crippen LogP contribution in [0.25, 0.3) is 17.4 Å². The first kappa shape index (κ1) is 14.8. The van der Waals surface area contributed by atoms with Crippen molar-refractivity contribution in [1.82, 2.24) is 4.98 Å². The lowest BCUT2D eigenvalue weighted by Crippen LogP contribution is -1.81. The Balaban J connectivity index is 2.15. The van der Waals surface area contributed by atoms with Crippen molar-refractivity contribution in [1.29, 1.82) is 10.5 Å². The van der Waals surface area contributed by atoms with Gasteiger partial charge in [0.05, 0.1) is 5.57 Å². The standard InChI is InChI=1S/C18H11N3O/c1-2-14(11-19)5-3-4-6-17-9-10-18(22-17)15-7-8-16(12-20)21-13-15/h2-4,6-10,13H,1H2/b6-4+. The van der Waals surface area contributed by atoms with E-state index in [1.54, 1.807) is 36.6 Å². The van der Waals surface area contributed by atoms with Crippen LogP contribution in [-0.2, 0) is 0 Å². The first-order chi connectivity index (χ1) is 10.8. The number of pyridine rings is 1. The topological polar surface area (TPSA) is 73.6 Å². The molecule has 0 amide bonds. The predicted molar refractivity (Wildman–Crippen MR) is 83.1 cm³/mol. The SMILES string of the molecule is C=CC(=C=C/C=C/c1ccc(-c2ccc(C#N)nc2)o1)C#N. The molecule has 0 aromatic carbocycles. The van der Waals surface area contributed by atoms with Gasteiger partial charge < -0.3 is 4.42 Å². The number of nitrogens with zero attached hydrogens (tertiary/aromatic N) is 3. The molecule has 0 unspecified atom stereocenters. The maximum atomic E-state index is 8.72. The van der Waals surface area contributed by atoms with Crippen molar-refractivity contribution in [3.63, 3.8) is 0 Å². The fourth-order valence-electron chi connectivity index (χ4n) is 1.62. The monoisotopic (exact) mass is 285 g/mol. The van der Waals surface area contributed by atoms with E-state index in [0.717, 1.165) is 5.56 Å². The highest BCUT2D eigenvalue weighted by Crippen LogP contribution is 2.22. The molecule has 2 heterocycles. The third kappa shape index (κ3) is 3.71. The van der Waals surface area contributed by atoms with E-state index in [9.17, 15) is 0 Å². The largest absolute Gasteiger partial charge is 0.457 e. The van der Waals surface area contributed by atoms with E-state index in [4.69, 9.17) is 14.9 Å². The van der Waals surface area contributed by atoms with Gasteiger partial charge in [-0.05, 0) is 42.5 Å². The molecule has 0 bridgehead atoms. The normalized spacial score (nSPS) is 9.55. The minimum atomic E-state index is 0.364. The summed E-state index contributed by atoms with van der Waals surface area (Å²) in [7, 11) is 0. The Hall–Kier alpha value is -3.59. The molecule has 0 aliphatic carbocycles. The van der Waals surface area contributed by atoms with Gasteiger partial charge in [0.25, 0.3) is 0 Å². The molecule has 4 heteroatoms. The Morgan fingerprint density at radius 3 is 2.73 bits per heavy atom. The summed E-state index contributed by atoms with van der Waals surface area (Å²) in [4.78, 5) is 4.00. The summed E-state index contributed by atoms with van der Waals surface area (Å²) in [6.45, 7) is 3.51. The lowest BCUT2D eigenvalue weighted by Gasteiger charge is -1.95. The van der Waals surface area contributed by atoms with Gasteiger partial charge in [0, 0.05) is 11.8 Å². The van der Waals surface area contributed by atoms with Crippen molar-refractivity contribution in [2.24, 2.45) is 0 Å². The van der Waals surface area contributed by atoms with E-state index in [-0.39, 0.29) is 0 Å². The minimum absolute atomic E-state index is 0.364. The van der Waals surface area contributed by atoms with E-state index in [1.165, 1.54) is 6.08 Å². The van der Waals surface area contributed by atoms with Gasteiger partial charge in [-0.2, -0.15) is 10.5 Å². The zero-order chi connectivity index (χ0) is 15.8. The van der Waals surface area contributed by atoms with Crippen LogP contribution in [0.1, 0.15) is 11.5 Å². The summed E-state index contributed by atoms with van der Waals surface area (Å²) in [5, 5.41) is 17.4. The molecule has 0 saturated heterocycles. The molecule has 0 radical (unpaired) electrons. The number of nitriles is 2. The second-order valence-corrected chi connectivity index (χ2v) is 4.15. The highest BCUT2D eigenvalue weighted by atomic mass is 16.3. The molecule has 2 aromatic rings. The van der Waals surface area contributed by atoms with E-state index in [2.05, 4.69) is 17.3 Å². The molecule has 0 aliphatic rings. The van der Waals surface area contributed by atoms with Gasteiger partial charge in [0.15, 0.2) is 0 Å². The van der Waals surface area contributed by atoms with E-state index < -0.39 is 0 Å². The van der Waals surface area contributed by atoms with Gasteiger partial charge in [-0.25, -0.2) is 4.98 Å². The minimum Gasteiger partial charge on any atom is -0.457 e. The Morgan fingerprint density at radius 1 is 1.23 bits per heavy atom. The number of aromatic nitrogens is 1. The molecule has 2 rings (SSSR count). The van der Waals surface area contributed by atoms with E-state index in [1.807, 2.05) is 24.3 Å². The van der Waals surface area contributed by atoms with Crippen LogP contribution in [-0.4, -0.2) is 4.98 Å². The molecule has 0 fully saturated rings. The lowest BCUT2D eigenvalue weighted by atomic mass is 10.2. The third-order valence-electron chi connectivity index (χ3n) is 2.71. The lowest BCUT2D eigenvalue weighted by molar-refractivity contribution is 0.571. The smallest absolute Gasteiger partial charge is 0.140 e. The molecular weight excluding hydrogens is 274 g/mol. The molecule has 0 N–H and O–H groups in total. The first-order valence-corrected chi connectivity index (χ1v) is 6.39. The van der Waals surface area contributed by atoms with E-state index >= 15 is 0 Å². The van der Waals surface area contributed by atoms with Crippen LogP contribution < -0.4 is 0 Å². The summed E-state index contributed by atoms with van der Waals surface area (Å²) in [6, 6.07) is 11.0.